The molecule has 5 heterocycles. The molecule has 0 saturated carbocycles. The number of rotatable bonds is 45. The van der Waals surface area contributed by atoms with Crippen molar-refractivity contribution in [3.8, 4) is 0 Å². The average molecular weight is 1470 g/mol. The average Bonchev–Trinajstić information content (AvgIpc) is 1.69. The van der Waals surface area contributed by atoms with Crippen LogP contribution in [0.1, 0.15) is 97.8 Å². The molecule has 6 aromatic rings. The Labute approximate surface area is 603 Å². The number of hydrogen-bond acceptors (Lipinski definition) is 22. The number of carbonyl (C=O) groups excluding carboxylic acids is 7. The number of benzene rings is 2. The summed E-state index contributed by atoms with van der Waals surface area (Å²) in [5, 5.41) is 83.7. The van der Waals surface area contributed by atoms with Crippen molar-refractivity contribution in [2.45, 2.75) is 108 Å². The van der Waals surface area contributed by atoms with Crippen molar-refractivity contribution in [1.29, 1.82) is 0 Å². The number of amides is 7. The van der Waals surface area contributed by atoms with Gasteiger partial charge in [0.25, 0.3) is 11.8 Å². The number of nitrogens with zero attached hydrogens (tertiary/aromatic N) is 10. The molecule has 570 valence electrons. The number of hydrogen-bond donors (Lipinski definition) is 16. The monoisotopic (exact) mass is 1470 g/mol. The molecule has 7 rings (SSSR count). The molecule has 1 aliphatic rings. The van der Waals surface area contributed by atoms with Crippen LogP contribution in [0.25, 0.3) is 21.8 Å². The second-order valence-electron chi connectivity index (χ2n) is 25.3. The standard InChI is InChI=1S/C67H95N21O17/c89-54(68-17-5-1-3-9-55(90)81-50(64(102)103)39-76-61(99)45-11-14-52-47(35-45)37-78-87(52)25-7-19-70-66-72-21-22-73-66)16-13-49(80-57(92)41-83-27-29-84(42-58(93)94)31-33-86(44-60(97)98)34-32-85(30-28-83)43-59(95)96)63(101)69-18-6-2-4-10-56(91)82-51(65(104)105)40-77-62(100)46-12-15-53-48(36-46)38-79-88(53)26-8-20-71-67-74-23-24-75-67/h11-12,14-15,21-24,35-38,49-51H,1-10,13,16-20,25-34,39-44H2,(H,68,89)(H,69,101)(H,76,99)(H,77,100)(H,80,92)(H,81,90)(H,82,91)(H,93,94)(H,95,96)(H,97,98)(H,102,103)(H,104,105)(H2,70,72,73)(H2,71,74,75). The van der Waals surface area contributed by atoms with E-state index in [1.807, 2.05) is 9.36 Å². The zero-order valence-corrected chi connectivity index (χ0v) is 58.4. The Morgan fingerprint density at radius 2 is 0.838 bits per heavy atom. The van der Waals surface area contributed by atoms with Gasteiger partial charge in [-0.15, -0.1) is 0 Å². The van der Waals surface area contributed by atoms with Crippen LogP contribution in [0.15, 0.2) is 73.6 Å². The Morgan fingerprint density at radius 3 is 1.24 bits per heavy atom. The number of carboxylic acid groups (broad SMARTS) is 5. The van der Waals surface area contributed by atoms with Gasteiger partial charge in [-0.25, -0.2) is 19.6 Å². The first-order chi connectivity index (χ1) is 50.5. The predicted molar refractivity (Wildman–Crippen MR) is 379 cm³/mol. The number of aliphatic carboxylic acids is 5. The fourth-order valence-electron chi connectivity index (χ4n) is 11.5. The molecule has 2 aromatic carbocycles. The van der Waals surface area contributed by atoms with Crippen LogP contribution in [0, 0.1) is 0 Å². The molecule has 105 heavy (non-hydrogen) atoms. The highest BCUT2D eigenvalue weighted by Crippen LogP contribution is 2.19. The minimum atomic E-state index is -1.45. The fraction of sp³-hybridized carbons (Fsp3) is 0.522. The molecule has 1 saturated heterocycles. The molecule has 0 bridgehead atoms. The summed E-state index contributed by atoms with van der Waals surface area (Å²) in [7, 11) is 0. The summed E-state index contributed by atoms with van der Waals surface area (Å²) < 4.78 is 3.62. The molecular weight excluding hydrogens is 1370 g/mol. The Bertz CT molecular complexity index is 3820. The maximum absolute atomic E-state index is 14.0. The molecule has 1 aliphatic heterocycles. The summed E-state index contributed by atoms with van der Waals surface area (Å²) >= 11 is 0. The summed E-state index contributed by atoms with van der Waals surface area (Å²) in [6.45, 7) is 1.51. The van der Waals surface area contributed by atoms with Gasteiger partial charge in [-0.2, -0.15) is 10.2 Å². The molecule has 3 unspecified atom stereocenters. The molecule has 38 heteroatoms. The van der Waals surface area contributed by atoms with Crippen LogP contribution in [-0.2, 0) is 61.0 Å². The van der Waals surface area contributed by atoms with Crippen molar-refractivity contribution < 1.29 is 83.1 Å². The number of unbranched alkanes of at least 4 members (excludes halogenated alkanes) is 4. The molecule has 4 aromatic heterocycles. The van der Waals surface area contributed by atoms with Crippen LogP contribution in [0.3, 0.4) is 0 Å². The van der Waals surface area contributed by atoms with Gasteiger partial charge in [0.15, 0.2) is 11.9 Å². The summed E-state index contributed by atoms with van der Waals surface area (Å²) in [6.07, 6.45) is 13.1. The van der Waals surface area contributed by atoms with Crippen LogP contribution >= 0.6 is 0 Å². The lowest BCUT2D eigenvalue weighted by atomic mass is 10.1. The minimum absolute atomic E-state index is 0.0539. The van der Waals surface area contributed by atoms with Crippen molar-refractivity contribution in [2.75, 3.05) is 128 Å². The minimum Gasteiger partial charge on any atom is -0.480 e. The third-order valence-corrected chi connectivity index (χ3v) is 17.2. The normalized spacial score (nSPS) is 14.3. The molecule has 1 fully saturated rings. The van der Waals surface area contributed by atoms with Gasteiger partial charge in [0.2, 0.25) is 29.5 Å². The number of aryl methyl sites for hydroxylation is 2. The van der Waals surface area contributed by atoms with Crippen LogP contribution < -0.4 is 47.9 Å². The lowest BCUT2D eigenvalue weighted by molar-refractivity contribution is -0.142. The third kappa shape index (κ3) is 29.3. The SMILES string of the molecule is O=C(O)CN1CCN(CC(=O)O)CCN(CC(=O)NC(CCC(=O)NCCCCCC(=O)NC(CNC(=O)c2ccc3c(cnn3CCCNc3ncc[nH]3)c2)C(=O)O)C(=O)NCCCCCC(=O)NC(CNC(=O)c2ccc3c(cnn3CCCNc3ncc[nH]3)c2)C(=O)O)CCN(CC(=O)O)CC1. The van der Waals surface area contributed by atoms with Crippen molar-refractivity contribution in [3.05, 3.63) is 84.7 Å². The Hall–Kier alpha value is -11.1. The third-order valence-electron chi connectivity index (χ3n) is 17.2. The highest BCUT2D eigenvalue weighted by Gasteiger charge is 2.27. The van der Waals surface area contributed by atoms with E-state index in [1.165, 1.54) is 0 Å². The summed E-state index contributed by atoms with van der Waals surface area (Å²) in [6, 6.07) is 5.84. The van der Waals surface area contributed by atoms with Gasteiger partial charge in [0.1, 0.15) is 18.1 Å². The lowest BCUT2D eigenvalue weighted by Gasteiger charge is -2.33. The number of aromatic amines is 2. The first-order valence-electron chi connectivity index (χ1n) is 34.9. The van der Waals surface area contributed by atoms with Gasteiger partial charge in [0.05, 0.1) is 49.6 Å². The van der Waals surface area contributed by atoms with E-state index in [9.17, 15) is 83.1 Å². The number of anilines is 2. The summed E-state index contributed by atoms with van der Waals surface area (Å²) in [5.41, 5.74) is 2.14. The second-order valence-corrected chi connectivity index (χ2v) is 25.3. The van der Waals surface area contributed by atoms with E-state index < -0.39 is 116 Å². The van der Waals surface area contributed by atoms with Crippen molar-refractivity contribution in [1.82, 2.24) is 96.3 Å². The van der Waals surface area contributed by atoms with Crippen LogP contribution in [0.2, 0.25) is 0 Å². The van der Waals surface area contributed by atoms with Gasteiger partial charge >= 0.3 is 29.8 Å². The number of fused-ring (bicyclic) bond motifs is 2. The van der Waals surface area contributed by atoms with Crippen LogP contribution in [0.5, 0.6) is 0 Å². The number of carbonyl (C=O) groups is 12. The van der Waals surface area contributed by atoms with Gasteiger partial charge in [-0.1, -0.05) is 12.8 Å². The highest BCUT2D eigenvalue weighted by molar-refractivity contribution is 5.99. The van der Waals surface area contributed by atoms with Gasteiger partial charge in [0, 0.05) is 171 Å². The fourth-order valence-corrected chi connectivity index (χ4v) is 11.5. The van der Waals surface area contributed by atoms with Crippen molar-refractivity contribution in [2.24, 2.45) is 0 Å². The maximum Gasteiger partial charge on any atom is 0.328 e. The smallest absolute Gasteiger partial charge is 0.328 e. The van der Waals surface area contributed by atoms with Crippen LogP contribution in [-0.4, -0.2) is 292 Å². The first kappa shape index (κ1) is 81.2. The van der Waals surface area contributed by atoms with E-state index in [-0.39, 0.29) is 122 Å². The van der Waals surface area contributed by atoms with E-state index in [4.69, 9.17) is 0 Å². The van der Waals surface area contributed by atoms with Gasteiger partial charge in [-0.3, -0.25) is 76.9 Å². The summed E-state index contributed by atoms with van der Waals surface area (Å²) in [4.78, 5) is 174. The Kier molecular flexibility index (Phi) is 33.3. The quantitative estimate of drug-likeness (QED) is 0.0209. The zero-order chi connectivity index (χ0) is 75.5. The molecule has 0 aliphatic carbocycles. The molecule has 16 N–H and O–H groups in total. The molecular formula is C67H95N21O17. The molecule has 38 nitrogen and oxygen atoms in total. The molecule has 7 amide bonds. The Morgan fingerprint density at radius 1 is 0.429 bits per heavy atom. The second kappa shape index (κ2) is 43.1. The van der Waals surface area contributed by atoms with Gasteiger partial charge < -0.3 is 83.4 Å². The van der Waals surface area contributed by atoms with Gasteiger partial charge in [-0.05, 0) is 81.3 Å². The summed E-state index contributed by atoms with van der Waals surface area (Å²) in [5.74, 6) is -8.81. The molecule has 3 atom stereocenters. The largest absolute Gasteiger partial charge is 0.480 e. The predicted octanol–water partition coefficient (Wildman–Crippen LogP) is -0.771. The number of H-pyrrole nitrogens is 2. The lowest BCUT2D eigenvalue weighted by Crippen LogP contribution is -2.52. The number of nitrogens with one attached hydrogen (secondary N) is 11. The van der Waals surface area contributed by atoms with E-state index in [2.05, 4.69) is 78.0 Å². The Balaban J connectivity index is 0.854. The molecule has 0 radical (unpaired) electrons. The zero-order valence-electron chi connectivity index (χ0n) is 58.4. The van der Waals surface area contributed by atoms with E-state index >= 15 is 0 Å². The van der Waals surface area contributed by atoms with Crippen molar-refractivity contribution in [3.63, 3.8) is 0 Å². The van der Waals surface area contributed by atoms with Crippen molar-refractivity contribution >= 4 is 105 Å². The van der Waals surface area contributed by atoms with E-state index in [1.54, 1.807) is 93.2 Å². The van der Waals surface area contributed by atoms with E-state index in [0.717, 1.165) is 23.9 Å². The highest BCUT2D eigenvalue weighted by atomic mass is 16.4. The number of aromatic nitrogens is 8. The topological polar surface area (TPSA) is 520 Å². The maximum atomic E-state index is 14.0. The molecule has 0 spiro atoms. The van der Waals surface area contributed by atoms with E-state index in [0.29, 0.717) is 81.0 Å². The first-order valence-corrected chi connectivity index (χ1v) is 34.9. The number of imidazole rings is 2. The number of carboxylic acids is 5. The van der Waals surface area contributed by atoms with Crippen LogP contribution in [0.4, 0.5) is 11.9 Å².